The van der Waals surface area contributed by atoms with Gasteiger partial charge < -0.3 is 5.32 Å². The number of nitrogens with zero attached hydrogens (tertiary/aromatic N) is 2. The van der Waals surface area contributed by atoms with Crippen LogP contribution in [0, 0.1) is 5.82 Å². The summed E-state index contributed by atoms with van der Waals surface area (Å²) in [6.07, 6.45) is 7.26. The molecule has 0 radical (unpaired) electrons. The van der Waals surface area contributed by atoms with Crippen LogP contribution in [0.3, 0.4) is 0 Å². The van der Waals surface area contributed by atoms with Crippen molar-refractivity contribution in [2.24, 2.45) is 0 Å². The molecule has 5 heteroatoms. The monoisotopic (exact) mass is 417 g/mol. The maximum Gasteiger partial charge on any atom is 0.220 e. The third-order valence-electron chi connectivity index (χ3n) is 6.84. The summed E-state index contributed by atoms with van der Waals surface area (Å²) in [6, 6.07) is 18.0. The normalized spacial score (nSPS) is 24.4. The van der Waals surface area contributed by atoms with Crippen molar-refractivity contribution in [3.63, 3.8) is 0 Å². The number of hydrogen-bond acceptors (Lipinski definition) is 3. The van der Waals surface area contributed by atoms with Gasteiger partial charge in [-0.25, -0.2) is 4.39 Å². The molecule has 0 unspecified atom stereocenters. The van der Waals surface area contributed by atoms with Crippen LogP contribution >= 0.6 is 0 Å². The Labute approximate surface area is 182 Å². The van der Waals surface area contributed by atoms with Crippen molar-refractivity contribution in [1.29, 1.82) is 0 Å². The molecule has 3 heterocycles. The summed E-state index contributed by atoms with van der Waals surface area (Å²) in [6.45, 7) is 0.806. The van der Waals surface area contributed by atoms with Gasteiger partial charge in [0.15, 0.2) is 0 Å². The fourth-order valence-electron chi connectivity index (χ4n) is 5.40. The van der Waals surface area contributed by atoms with Crippen molar-refractivity contribution in [3.05, 3.63) is 77.7 Å². The van der Waals surface area contributed by atoms with Gasteiger partial charge in [-0.05, 0) is 61.1 Å². The minimum absolute atomic E-state index is 0.152. The number of rotatable bonds is 4. The van der Waals surface area contributed by atoms with E-state index in [0.29, 0.717) is 12.5 Å². The van der Waals surface area contributed by atoms with Crippen LogP contribution in [0.5, 0.6) is 0 Å². The second-order valence-corrected chi connectivity index (χ2v) is 8.87. The van der Waals surface area contributed by atoms with Gasteiger partial charge in [0.25, 0.3) is 0 Å². The van der Waals surface area contributed by atoms with Gasteiger partial charge in [-0.2, -0.15) is 0 Å². The van der Waals surface area contributed by atoms with E-state index in [9.17, 15) is 9.18 Å². The number of aromatic nitrogens is 1. The minimum atomic E-state index is -0.193. The van der Waals surface area contributed by atoms with Gasteiger partial charge in [-0.1, -0.05) is 36.8 Å². The first-order valence-corrected chi connectivity index (χ1v) is 11.3. The number of fused-ring (bicyclic) bond motifs is 2. The quantitative estimate of drug-likeness (QED) is 0.674. The number of likely N-dealkylation sites (tertiary alicyclic amines) is 1. The highest BCUT2D eigenvalue weighted by molar-refractivity contribution is 5.81. The van der Waals surface area contributed by atoms with E-state index >= 15 is 0 Å². The molecule has 1 aromatic heterocycles. The Balaban J connectivity index is 1.48. The van der Waals surface area contributed by atoms with Gasteiger partial charge in [-0.3, -0.25) is 14.7 Å². The van der Waals surface area contributed by atoms with E-state index in [-0.39, 0.29) is 23.8 Å². The largest absolute Gasteiger partial charge is 0.352 e. The average molecular weight is 418 g/mol. The van der Waals surface area contributed by atoms with E-state index in [2.05, 4.69) is 33.4 Å². The second kappa shape index (κ2) is 8.75. The summed E-state index contributed by atoms with van der Waals surface area (Å²) >= 11 is 0. The lowest BCUT2D eigenvalue weighted by Gasteiger charge is -2.33. The third-order valence-corrected chi connectivity index (χ3v) is 6.84. The fraction of sp³-hybridized carbons (Fsp3) is 0.385. The summed E-state index contributed by atoms with van der Waals surface area (Å²) in [5, 5.41) is 4.47. The Morgan fingerprint density at radius 2 is 2.00 bits per heavy atom. The molecule has 0 aliphatic carbocycles. The average Bonchev–Trinajstić information content (AvgIpc) is 3.05. The van der Waals surface area contributed by atoms with Gasteiger partial charge in [0.05, 0.1) is 5.52 Å². The van der Waals surface area contributed by atoms with E-state index in [1.165, 1.54) is 17.0 Å². The minimum Gasteiger partial charge on any atom is -0.352 e. The van der Waals surface area contributed by atoms with Crippen LogP contribution in [0.4, 0.5) is 4.39 Å². The van der Waals surface area contributed by atoms with E-state index in [4.69, 9.17) is 0 Å². The number of benzene rings is 2. The van der Waals surface area contributed by atoms with Crippen LogP contribution in [-0.2, 0) is 17.8 Å². The smallest absolute Gasteiger partial charge is 0.220 e. The predicted octanol–water partition coefficient (Wildman–Crippen LogP) is 4.62. The lowest BCUT2D eigenvalue weighted by Crippen LogP contribution is -2.46. The Kier molecular flexibility index (Phi) is 5.68. The SMILES string of the molecule is O=C1CCCC[C@@H]2[C@H](C[C@@H](Cc3cccc(F)c3)N2Cc2ccnc3ccccc23)N1. The molecule has 2 aliphatic rings. The molecule has 3 aromatic rings. The third kappa shape index (κ3) is 4.33. The summed E-state index contributed by atoms with van der Waals surface area (Å²) in [4.78, 5) is 19.4. The van der Waals surface area contributed by atoms with Gasteiger partial charge in [0, 0.05) is 42.7 Å². The van der Waals surface area contributed by atoms with E-state index in [1.807, 2.05) is 24.4 Å². The number of nitrogens with one attached hydrogen (secondary N) is 1. The predicted molar refractivity (Wildman–Crippen MR) is 120 cm³/mol. The molecule has 31 heavy (non-hydrogen) atoms. The zero-order chi connectivity index (χ0) is 21.2. The topological polar surface area (TPSA) is 45.2 Å². The molecule has 2 aromatic carbocycles. The molecule has 1 amide bonds. The molecule has 2 saturated heterocycles. The van der Waals surface area contributed by atoms with E-state index in [0.717, 1.165) is 49.7 Å². The van der Waals surface area contributed by atoms with Gasteiger partial charge >= 0.3 is 0 Å². The lowest BCUT2D eigenvalue weighted by molar-refractivity contribution is -0.122. The lowest BCUT2D eigenvalue weighted by atomic mass is 9.97. The molecular formula is C26H28FN3O. The number of hydrogen-bond donors (Lipinski definition) is 1. The number of carbonyl (C=O) groups is 1. The maximum absolute atomic E-state index is 13.8. The second-order valence-electron chi connectivity index (χ2n) is 8.87. The molecule has 160 valence electrons. The van der Waals surface area contributed by atoms with E-state index < -0.39 is 0 Å². The Bertz CT molecular complexity index is 1080. The molecule has 4 nitrogen and oxygen atoms in total. The van der Waals surface area contributed by atoms with Crippen molar-refractivity contribution in [1.82, 2.24) is 15.2 Å². The molecule has 1 N–H and O–H groups in total. The molecule has 3 atom stereocenters. The first-order valence-electron chi connectivity index (χ1n) is 11.3. The Morgan fingerprint density at radius 1 is 1.10 bits per heavy atom. The number of para-hydroxylation sites is 1. The van der Waals surface area contributed by atoms with Crippen LogP contribution < -0.4 is 5.32 Å². The van der Waals surface area contributed by atoms with Gasteiger partial charge in [-0.15, -0.1) is 0 Å². The zero-order valence-electron chi connectivity index (χ0n) is 17.6. The highest BCUT2D eigenvalue weighted by Crippen LogP contribution is 2.34. The summed E-state index contributed by atoms with van der Waals surface area (Å²) in [7, 11) is 0. The van der Waals surface area contributed by atoms with Crippen molar-refractivity contribution in [2.75, 3.05) is 0 Å². The number of amides is 1. The van der Waals surface area contributed by atoms with Crippen molar-refractivity contribution < 1.29 is 9.18 Å². The van der Waals surface area contributed by atoms with Crippen molar-refractivity contribution in [3.8, 4) is 0 Å². The molecule has 0 saturated carbocycles. The van der Waals surface area contributed by atoms with Crippen molar-refractivity contribution >= 4 is 16.8 Å². The summed E-state index contributed by atoms with van der Waals surface area (Å²) in [5.41, 5.74) is 3.27. The Hall–Kier alpha value is -2.79. The molecule has 0 bridgehead atoms. The molecular weight excluding hydrogens is 389 g/mol. The molecule has 5 rings (SSSR count). The maximum atomic E-state index is 13.8. The fourth-order valence-corrected chi connectivity index (χ4v) is 5.40. The first kappa shape index (κ1) is 20.1. The first-order chi connectivity index (χ1) is 15.2. The van der Waals surface area contributed by atoms with Crippen LogP contribution in [0.25, 0.3) is 10.9 Å². The number of carbonyl (C=O) groups excluding carboxylic acids is 1. The number of halogens is 1. The van der Waals surface area contributed by atoms with Crippen LogP contribution in [0.1, 0.15) is 43.2 Å². The van der Waals surface area contributed by atoms with Gasteiger partial charge in [0.1, 0.15) is 5.82 Å². The molecule has 0 spiro atoms. The van der Waals surface area contributed by atoms with E-state index in [1.54, 1.807) is 12.1 Å². The summed E-state index contributed by atoms with van der Waals surface area (Å²) < 4.78 is 13.8. The van der Waals surface area contributed by atoms with Gasteiger partial charge in [0.2, 0.25) is 5.91 Å². The van der Waals surface area contributed by atoms with Crippen LogP contribution in [0.15, 0.2) is 60.8 Å². The standard InChI is InChI=1S/C26H28FN3O/c27-20-7-5-6-18(14-20)15-21-16-24-25(10-3-4-11-26(31)29-24)30(21)17-19-12-13-28-23-9-2-1-8-22(19)23/h1-2,5-9,12-14,21,24-25H,3-4,10-11,15-17H2,(H,29,31)/t21-,24+,25-/m1/s1. The highest BCUT2D eigenvalue weighted by atomic mass is 19.1. The van der Waals surface area contributed by atoms with Crippen LogP contribution in [0.2, 0.25) is 0 Å². The Morgan fingerprint density at radius 3 is 2.90 bits per heavy atom. The zero-order valence-corrected chi connectivity index (χ0v) is 17.6. The summed E-state index contributed by atoms with van der Waals surface area (Å²) in [5.74, 6) is -0.0306. The highest BCUT2D eigenvalue weighted by Gasteiger charge is 2.42. The number of pyridine rings is 1. The molecule has 2 aliphatic heterocycles. The van der Waals surface area contributed by atoms with Crippen molar-refractivity contribution in [2.45, 2.75) is 63.2 Å². The molecule has 2 fully saturated rings. The van der Waals surface area contributed by atoms with Crippen LogP contribution in [-0.4, -0.2) is 33.9 Å².